The van der Waals surface area contributed by atoms with Crippen LogP contribution < -0.4 is 10.6 Å². The summed E-state index contributed by atoms with van der Waals surface area (Å²) in [7, 11) is 0. The number of benzene rings is 1. The second-order valence-corrected chi connectivity index (χ2v) is 7.70. The van der Waals surface area contributed by atoms with Crippen molar-refractivity contribution in [3.05, 3.63) is 58.3 Å². The van der Waals surface area contributed by atoms with Crippen LogP contribution in [0.2, 0.25) is 10.2 Å². The lowest BCUT2D eigenvalue weighted by atomic mass is 9.69. The van der Waals surface area contributed by atoms with Crippen molar-refractivity contribution in [1.82, 2.24) is 10.3 Å². The van der Waals surface area contributed by atoms with Gasteiger partial charge >= 0.3 is 0 Å². The maximum Gasteiger partial charge on any atom is 0.170 e. The van der Waals surface area contributed by atoms with Gasteiger partial charge in [-0.1, -0.05) is 54.6 Å². The molecule has 0 bridgehead atoms. The number of nitrogens with one attached hydrogen (secondary N) is 2. The first-order valence-electron chi connectivity index (χ1n) is 8.50. The summed E-state index contributed by atoms with van der Waals surface area (Å²) in [6.07, 6.45) is 7.72. The quantitative estimate of drug-likeness (QED) is 0.525. The first-order chi connectivity index (χ1) is 12.1. The van der Waals surface area contributed by atoms with Crippen LogP contribution in [0.4, 0.5) is 5.69 Å². The minimum absolute atomic E-state index is 0.0906. The predicted octanol–water partition coefficient (Wildman–Crippen LogP) is 5.58. The number of hydrogen-bond acceptors (Lipinski definition) is 2. The van der Waals surface area contributed by atoms with E-state index in [1.807, 2.05) is 24.3 Å². The lowest BCUT2D eigenvalue weighted by Gasteiger charge is -2.38. The normalized spacial score (nSPS) is 16.2. The van der Waals surface area contributed by atoms with Crippen LogP contribution in [0.15, 0.2) is 42.6 Å². The molecule has 0 unspecified atom stereocenters. The third-order valence-corrected chi connectivity index (χ3v) is 5.66. The van der Waals surface area contributed by atoms with Crippen LogP contribution in [0.3, 0.4) is 0 Å². The van der Waals surface area contributed by atoms with E-state index in [4.69, 9.17) is 35.4 Å². The molecule has 0 radical (unpaired) electrons. The van der Waals surface area contributed by atoms with Gasteiger partial charge in [-0.25, -0.2) is 4.98 Å². The van der Waals surface area contributed by atoms with Crippen molar-refractivity contribution in [2.75, 3.05) is 11.9 Å². The molecule has 1 fully saturated rings. The molecule has 0 spiro atoms. The summed E-state index contributed by atoms with van der Waals surface area (Å²) in [5.74, 6) is 0. The standard InChI is InChI=1S/C19H21Cl2N3S/c20-15-8-6-14(7-9-15)19(10-2-1-3-11-19)13-23-18(25)24-16-5-4-12-22-17(16)21/h4-9,12H,1-3,10-11,13H2,(H2,23,24,25). The van der Waals surface area contributed by atoms with Gasteiger partial charge in [-0.3, -0.25) is 0 Å². The lowest BCUT2D eigenvalue weighted by Crippen LogP contribution is -2.43. The third kappa shape index (κ3) is 4.63. The van der Waals surface area contributed by atoms with E-state index in [9.17, 15) is 0 Å². The second-order valence-electron chi connectivity index (χ2n) is 6.50. The van der Waals surface area contributed by atoms with Crippen molar-refractivity contribution >= 4 is 46.2 Å². The molecule has 0 atom stereocenters. The minimum Gasteiger partial charge on any atom is -0.362 e. The van der Waals surface area contributed by atoms with Gasteiger partial charge in [0.25, 0.3) is 0 Å². The Labute approximate surface area is 164 Å². The maximum absolute atomic E-state index is 6.08. The summed E-state index contributed by atoms with van der Waals surface area (Å²) in [5.41, 5.74) is 2.13. The van der Waals surface area contributed by atoms with Gasteiger partial charge in [-0.2, -0.15) is 0 Å². The number of nitrogens with zero attached hydrogens (tertiary/aromatic N) is 1. The number of rotatable bonds is 4. The van der Waals surface area contributed by atoms with E-state index < -0.39 is 0 Å². The van der Waals surface area contributed by atoms with Crippen molar-refractivity contribution in [3.63, 3.8) is 0 Å². The second kappa shape index (κ2) is 8.35. The molecule has 1 heterocycles. The van der Waals surface area contributed by atoms with E-state index in [1.54, 1.807) is 6.20 Å². The number of thiocarbonyl (C=S) groups is 1. The summed E-state index contributed by atoms with van der Waals surface area (Å²) >= 11 is 17.6. The van der Waals surface area contributed by atoms with Crippen LogP contribution in [-0.4, -0.2) is 16.6 Å². The number of hydrogen-bond donors (Lipinski definition) is 2. The van der Waals surface area contributed by atoms with Gasteiger partial charge in [0.1, 0.15) is 0 Å². The van der Waals surface area contributed by atoms with Crippen molar-refractivity contribution < 1.29 is 0 Å². The van der Waals surface area contributed by atoms with Gasteiger partial charge in [0.15, 0.2) is 10.3 Å². The van der Waals surface area contributed by atoms with E-state index in [0.29, 0.717) is 16.0 Å². The highest BCUT2D eigenvalue weighted by atomic mass is 35.5. The van der Waals surface area contributed by atoms with Crippen LogP contribution in [0, 0.1) is 0 Å². The molecule has 1 aliphatic carbocycles. The van der Waals surface area contributed by atoms with Crippen molar-refractivity contribution in [2.45, 2.75) is 37.5 Å². The first kappa shape index (κ1) is 18.4. The van der Waals surface area contributed by atoms with Gasteiger partial charge in [0, 0.05) is 23.2 Å². The van der Waals surface area contributed by atoms with Gasteiger partial charge in [-0.15, -0.1) is 0 Å². The van der Waals surface area contributed by atoms with Gasteiger partial charge in [0.2, 0.25) is 0 Å². The molecule has 25 heavy (non-hydrogen) atoms. The first-order valence-corrected chi connectivity index (χ1v) is 9.67. The van der Waals surface area contributed by atoms with Crippen molar-refractivity contribution in [3.8, 4) is 0 Å². The molecule has 1 saturated carbocycles. The Morgan fingerprint density at radius 1 is 1.08 bits per heavy atom. The van der Waals surface area contributed by atoms with Crippen LogP contribution >= 0.6 is 35.4 Å². The maximum atomic E-state index is 6.08. The Hall–Kier alpha value is -1.36. The molecule has 6 heteroatoms. The topological polar surface area (TPSA) is 37.0 Å². The molecule has 0 saturated heterocycles. The number of anilines is 1. The van der Waals surface area contributed by atoms with Gasteiger partial charge < -0.3 is 10.6 Å². The van der Waals surface area contributed by atoms with Crippen LogP contribution in [0.1, 0.15) is 37.7 Å². The lowest BCUT2D eigenvalue weighted by molar-refractivity contribution is 0.292. The van der Waals surface area contributed by atoms with Crippen molar-refractivity contribution in [1.29, 1.82) is 0 Å². The Morgan fingerprint density at radius 3 is 2.48 bits per heavy atom. The third-order valence-electron chi connectivity index (χ3n) is 4.86. The Balaban J connectivity index is 1.70. The highest BCUT2D eigenvalue weighted by Gasteiger charge is 2.33. The molecule has 3 rings (SSSR count). The Morgan fingerprint density at radius 2 is 1.80 bits per heavy atom. The van der Waals surface area contributed by atoms with Gasteiger partial charge in [0.05, 0.1) is 5.69 Å². The number of aromatic nitrogens is 1. The number of halogens is 2. The monoisotopic (exact) mass is 393 g/mol. The largest absolute Gasteiger partial charge is 0.362 e. The SMILES string of the molecule is S=C(NCC1(c2ccc(Cl)cc2)CCCCC1)Nc1cccnc1Cl. The molecule has 2 aromatic rings. The summed E-state index contributed by atoms with van der Waals surface area (Å²) < 4.78 is 0. The van der Waals surface area contributed by atoms with E-state index in [-0.39, 0.29) is 5.41 Å². The van der Waals surface area contributed by atoms with Gasteiger partial charge in [-0.05, 0) is 54.9 Å². The minimum atomic E-state index is 0.0906. The smallest absolute Gasteiger partial charge is 0.170 e. The van der Waals surface area contributed by atoms with E-state index in [0.717, 1.165) is 24.4 Å². The molecule has 2 N–H and O–H groups in total. The fourth-order valence-electron chi connectivity index (χ4n) is 3.49. The molecule has 1 aliphatic rings. The van der Waals surface area contributed by atoms with Crippen molar-refractivity contribution in [2.24, 2.45) is 0 Å². The molecule has 132 valence electrons. The summed E-state index contributed by atoms with van der Waals surface area (Å²) in [5, 5.41) is 8.26. The zero-order chi connectivity index (χ0) is 17.7. The molecule has 1 aromatic heterocycles. The van der Waals surface area contributed by atoms with E-state index in [2.05, 4.69) is 27.8 Å². The zero-order valence-corrected chi connectivity index (χ0v) is 16.2. The fourth-order valence-corrected chi connectivity index (χ4v) is 3.97. The Bertz CT molecular complexity index is 728. The molecule has 3 nitrogen and oxygen atoms in total. The van der Waals surface area contributed by atoms with Crippen LogP contribution in [0.25, 0.3) is 0 Å². The Kier molecular flexibility index (Phi) is 6.15. The molecular weight excluding hydrogens is 373 g/mol. The highest BCUT2D eigenvalue weighted by Crippen LogP contribution is 2.39. The average molecular weight is 394 g/mol. The highest BCUT2D eigenvalue weighted by molar-refractivity contribution is 7.80. The van der Waals surface area contributed by atoms with Crippen LogP contribution in [0.5, 0.6) is 0 Å². The molecule has 0 amide bonds. The fraction of sp³-hybridized carbons (Fsp3) is 0.368. The molecule has 0 aliphatic heterocycles. The zero-order valence-electron chi connectivity index (χ0n) is 13.9. The van der Waals surface area contributed by atoms with Crippen LogP contribution in [-0.2, 0) is 5.41 Å². The van der Waals surface area contributed by atoms with E-state index >= 15 is 0 Å². The molecular formula is C19H21Cl2N3S. The number of pyridine rings is 1. The predicted molar refractivity (Wildman–Crippen MR) is 110 cm³/mol. The molecule has 1 aromatic carbocycles. The average Bonchev–Trinajstić information content (AvgIpc) is 2.63. The van der Waals surface area contributed by atoms with E-state index in [1.165, 1.54) is 24.8 Å². The summed E-state index contributed by atoms with van der Waals surface area (Å²) in [6.45, 7) is 0.790. The summed E-state index contributed by atoms with van der Waals surface area (Å²) in [6, 6.07) is 11.9. The summed E-state index contributed by atoms with van der Waals surface area (Å²) in [4.78, 5) is 4.05.